The van der Waals surface area contributed by atoms with Gasteiger partial charge in [-0.2, -0.15) is 0 Å². The second-order valence-corrected chi connectivity index (χ2v) is 7.93. The van der Waals surface area contributed by atoms with Crippen LogP contribution in [0.1, 0.15) is 18.7 Å². The summed E-state index contributed by atoms with van der Waals surface area (Å²) in [6.07, 6.45) is 1.91. The number of hydrogen-bond donors (Lipinski definition) is 0. The lowest BCUT2D eigenvalue weighted by molar-refractivity contribution is -0.129. The molecule has 4 rings (SSSR count). The van der Waals surface area contributed by atoms with Gasteiger partial charge in [-0.1, -0.05) is 23.7 Å². The zero-order valence-corrected chi connectivity index (χ0v) is 16.4. The van der Waals surface area contributed by atoms with E-state index in [0.717, 1.165) is 18.4 Å². The van der Waals surface area contributed by atoms with Crippen molar-refractivity contribution in [3.8, 4) is 11.5 Å². The molecule has 1 heterocycles. The number of nitrogens with zero attached hydrogens (tertiary/aromatic N) is 3. The maximum absolute atomic E-state index is 13.8. The molecule has 1 aliphatic rings. The second-order valence-electron chi connectivity index (χ2n) is 6.48. The molecule has 28 heavy (non-hydrogen) atoms. The van der Waals surface area contributed by atoms with Gasteiger partial charge in [-0.15, -0.1) is 22.0 Å². The Balaban J connectivity index is 1.42. The van der Waals surface area contributed by atoms with Crippen LogP contribution in [0.3, 0.4) is 0 Å². The SMILES string of the molecule is O=C(CSc1ccccc1F)N(Cc1nnc(-c2ccc(Cl)cc2)o1)C1CC1. The molecule has 0 aliphatic heterocycles. The highest BCUT2D eigenvalue weighted by Crippen LogP contribution is 2.30. The molecule has 0 spiro atoms. The fraction of sp³-hybridized carbons (Fsp3) is 0.250. The number of amides is 1. The third kappa shape index (κ3) is 4.54. The number of hydrogen-bond acceptors (Lipinski definition) is 5. The zero-order chi connectivity index (χ0) is 19.5. The lowest BCUT2D eigenvalue weighted by Gasteiger charge is -2.20. The van der Waals surface area contributed by atoms with E-state index in [1.54, 1.807) is 47.4 Å². The Kier molecular flexibility index (Phi) is 5.64. The highest BCUT2D eigenvalue weighted by atomic mass is 35.5. The van der Waals surface area contributed by atoms with Gasteiger partial charge < -0.3 is 9.32 Å². The fourth-order valence-corrected chi connectivity index (χ4v) is 3.72. The molecule has 0 unspecified atom stereocenters. The first-order chi connectivity index (χ1) is 13.6. The van der Waals surface area contributed by atoms with E-state index in [0.29, 0.717) is 21.7 Å². The molecule has 1 aliphatic carbocycles. The summed E-state index contributed by atoms with van der Waals surface area (Å²) in [5.74, 6) is 0.539. The summed E-state index contributed by atoms with van der Waals surface area (Å²) in [5.41, 5.74) is 0.766. The van der Waals surface area contributed by atoms with Crippen molar-refractivity contribution in [1.82, 2.24) is 15.1 Å². The molecule has 3 aromatic rings. The third-order valence-corrected chi connectivity index (χ3v) is 5.64. The van der Waals surface area contributed by atoms with Crippen molar-refractivity contribution in [1.29, 1.82) is 0 Å². The average Bonchev–Trinajstić information content (AvgIpc) is 3.44. The van der Waals surface area contributed by atoms with Gasteiger partial charge in [0.15, 0.2) is 0 Å². The highest BCUT2D eigenvalue weighted by molar-refractivity contribution is 8.00. The van der Waals surface area contributed by atoms with Gasteiger partial charge in [0.05, 0.1) is 12.3 Å². The van der Waals surface area contributed by atoms with E-state index < -0.39 is 0 Å². The van der Waals surface area contributed by atoms with E-state index in [4.69, 9.17) is 16.0 Å². The van der Waals surface area contributed by atoms with Gasteiger partial charge in [0.25, 0.3) is 0 Å². The van der Waals surface area contributed by atoms with Gasteiger partial charge in [-0.05, 0) is 49.2 Å². The molecule has 0 saturated heterocycles. The van der Waals surface area contributed by atoms with Gasteiger partial charge in [-0.25, -0.2) is 4.39 Å². The van der Waals surface area contributed by atoms with Crippen LogP contribution in [0, 0.1) is 5.82 Å². The first-order valence-corrected chi connectivity index (χ1v) is 10.2. The largest absolute Gasteiger partial charge is 0.419 e. The van der Waals surface area contributed by atoms with Crippen LogP contribution in [-0.2, 0) is 11.3 Å². The maximum Gasteiger partial charge on any atom is 0.247 e. The van der Waals surface area contributed by atoms with Crippen molar-refractivity contribution in [3.05, 3.63) is 65.3 Å². The van der Waals surface area contributed by atoms with E-state index in [2.05, 4.69) is 10.2 Å². The topological polar surface area (TPSA) is 59.2 Å². The summed E-state index contributed by atoms with van der Waals surface area (Å²) in [6.45, 7) is 0.252. The summed E-state index contributed by atoms with van der Waals surface area (Å²) < 4.78 is 19.5. The minimum absolute atomic E-state index is 0.0676. The van der Waals surface area contributed by atoms with Crippen LogP contribution >= 0.6 is 23.4 Å². The van der Waals surface area contributed by atoms with E-state index in [1.165, 1.54) is 17.8 Å². The quantitative estimate of drug-likeness (QED) is 0.516. The predicted molar refractivity (Wildman–Crippen MR) is 105 cm³/mol. The Morgan fingerprint density at radius 1 is 1.18 bits per heavy atom. The minimum Gasteiger partial charge on any atom is -0.419 e. The second kappa shape index (κ2) is 8.32. The number of halogens is 2. The Morgan fingerprint density at radius 2 is 1.93 bits per heavy atom. The maximum atomic E-state index is 13.8. The minimum atomic E-state index is -0.317. The zero-order valence-electron chi connectivity index (χ0n) is 14.8. The van der Waals surface area contributed by atoms with Gasteiger partial charge in [0.2, 0.25) is 17.7 Å². The molecule has 2 aromatic carbocycles. The number of benzene rings is 2. The normalized spacial score (nSPS) is 13.5. The lowest BCUT2D eigenvalue weighted by Crippen LogP contribution is -2.34. The van der Waals surface area contributed by atoms with Crippen LogP contribution in [0.15, 0.2) is 57.8 Å². The third-order valence-electron chi connectivity index (χ3n) is 4.36. The van der Waals surface area contributed by atoms with E-state index in [-0.39, 0.29) is 30.1 Å². The van der Waals surface area contributed by atoms with Gasteiger partial charge >= 0.3 is 0 Å². The Morgan fingerprint density at radius 3 is 2.64 bits per heavy atom. The Hall–Kier alpha value is -2.38. The first kappa shape index (κ1) is 19.0. The van der Waals surface area contributed by atoms with E-state index >= 15 is 0 Å². The summed E-state index contributed by atoms with van der Waals surface area (Å²) in [6, 6.07) is 13.7. The summed E-state index contributed by atoms with van der Waals surface area (Å²) in [5, 5.41) is 8.76. The summed E-state index contributed by atoms with van der Waals surface area (Å²) >= 11 is 7.09. The molecular weight excluding hydrogens is 401 g/mol. The van der Waals surface area contributed by atoms with Crippen LogP contribution in [0.25, 0.3) is 11.5 Å². The molecule has 0 radical (unpaired) electrons. The highest BCUT2D eigenvalue weighted by Gasteiger charge is 2.33. The van der Waals surface area contributed by atoms with Crippen molar-refractivity contribution in [2.24, 2.45) is 0 Å². The monoisotopic (exact) mass is 417 g/mol. The molecular formula is C20H17ClFN3O2S. The summed E-state index contributed by atoms with van der Waals surface area (Å²) in [4.78, 5) is 14.9. The van der Waals surface area contributed by atoms with Gasteiger partial charge in [-0.3, -0.25) is 4.79 Å². The smallest absolute Gasteiger partial charge is 0.247 e. The molecule has 0 N–H and O–H groups in total. The number of aromatic nitrogens is 2. The van der Waals surface area contributed by atoms with Gasteiger partial charge in [0.1, 0.15) is 5.82 Å². The first-order valence-electron chi connectivity index (χ1n) is 8.85. The molecule has 5 nitrogen and oxygen atoms in total. The van der Waals surface area contributed by atoms with Crippen molar-refractivity contribution < 1.29 is 13.6 Å². The fourth-order valence-electron chi connectivity index (χ4n) is 2.76. The number of carbonyl (C=O) groups excluding carboxylic acids is 1. The molecule has 1 saturated carbocycles. The molecule has 1 aromatic heterocycles. The van der Waals surface area contributed by atoms with Crippen LogP contribution in [0.2, 0.25) is 5.02 Å². The van der Waals surface area contributed by atoms with Crippen molar-refractivity contribution in [2.75, 3.05) is 5.75 Å². The molecule has 1 fully saturated rings. The van der Waals surface area contributed by atoms with Crippen LogP contribution in [-0.4, -0.2) is 32.8 Å². The van der Waals surface area contributed by atoms with Gasteiger partial charge in [0, 0.05) is 21.5 Å². The number of carbonyl (C=O) groups is 1. The molecule has 0 atom stereocenters. The Labute approximate surface area is 170 Å². The van der Waals surface area contributed by atoms with Crippen molar-refractivity contribution in [2.45, 2.75) is 30.3 Å². The van der Waals surface area contributed by atoms with Crippen LogP contribution < -0.4 is 0 Å². The molecule has 8 heteroatoms. The molecule has 0 bridgehead atoms. The standard InChI is InChI=1S/C20H17ClFN3O2S/c21-14-7-5-13(6-8-14)20-24-23-18(27-20)11-25(15-9-10-15)19(26)12-28-17-4-2-1-3-16(17)22/h1-8,15H,9-12H2. The number of thioether (sulfide) groups is 1. The van der Waals surface area contributed by atoms with Crippen LogP contribution in [0.4, 0.5) is 4.39 Å². The van der Waals surface area contributed by atoms with Crippen LogP contribution in [0.5, 0.6) is 0 Å². The Bertz CT molecular complexity index is 976. The van der Waals surface area contributed by atoms with E-state index in [9.17, 15) is 9.18 Å². The predicted octanol–water partition coefficient (Wildman–Crippen LogP) is 4.81. The van der Waals surface area contributed by atoms with Crippen molar-refractivity contribution in [3.63, 3.8) is 0 Å². The number of rotatable bonds is 7. The summed E-state index contributed by atoms with van der Waals surface area (Å²) in [7, 11) is 0. The average molecular weight is 418 g/mol. The lowest BCUT2D eigenvalue weighted by atomic mass is 10.2. The van der Waals surface area contributed by atoms with E-state index in [1.807, 2.05) is 0 Å². The molecule has 144 valence electrons. The van der Waals surface area contributed by atoms with Crippen molar-refractivity contribution >= 4 is 29.3 Å². The molecule has 1 amide bonds.